The van der Waals surface area contributed by atoms with E-state index in [0.717, 1.165) is 18.1 Å². The molecule has 2 unspecified atom stereocenters. The molecular weight excluding hydrogens is 270 g/mol. The number of hydrazine groups is 1. The van der Waals surface area contributed by atoms with Gasteiger partial charge in [0.05, 0.1) is 0 Å². The summed E-state index contributed by atoms with van der Waals surface area (Å²) in [7, 11) is 0. The molecule has 0 spiro atoms. The maximum atomic E-state index is 12.0. The van der Waals surface area contributed by atoms with Crippen molar-refractivity contribution in [1.29, 1.82) is 0 Å². The molecule has 1 aromatic carbocycles. The van der Waals surface area contributed by atoms with Crippen molar-refractivity contribution in [2.45, 2.75) is 36.2 Å². The van der Waals surface area contributed by atoms with Gasteiger partial charge in [0.25, 0.3) is 0 Å². The molecule has 4 nitrogen and oxygen atoms in total. The minimum Gasteiger partial charge on any atom is -0.354 e. The molecule has 3 N–H and O–H groups in total. The highest BCUT2D eigenvalue weighted by Gasteiger charge is 2.38. The molecule has 0 radical (unpaired) electrons. The fraction of sp³-hybridized carbons (Fsp3) is 0.533. The molecule has 2 aliphatic rings. The van der Waals surface area contributed by atoms with Gasteiger partial charge in [-0.15, -0.1) is 11.8 Å². The lowest BCUT2D eigenvalue weighted by molar-refractivity contribution is -0.122. The van der Waals surface area contributed by atoms with Gasteiger partial charge in [0, 0.05) is 23.2 Å². The SMILES string of the molecule is O=C(NCCSc1ccccc1)C1CC(C2CC2)NN1. The number of hydrogen-bond donors (Lipinski definition) is 3. The summed E-state index contributed by atoms with van der Waals surface area (Å²) in [4.78, 5) is 13.3. The molecular formula is C15H21N3OS. The second kappa shape index (κ2) is 6.61. The van der Waals surface area contributed by atoms with Crippen LogP contribution in [0, 0.1) is 5.92 Å². The summed E-state index contributed by atoms with van der Waals surface area (Å²) < 4.78 is 0. The number of benzene rings is 1. The van der Waals surface area contributed by atoms with Crippen molar-refractivity contribution in [3.05, 3.63) is 30.3 Å². The first-order chi connectivity index (χ1) is 9.83. The summed E-state index contributed by atoms with van der Waals surface area (Å²) in [5.74, 6) is 1.81. The highest BCUT2D eigenvalue weighted by molar-refractivity contribution is 7.99. The highest BCUT2D eigenvalue weighted by atomic mass is 32.2. The summed E-state index contributed by atoms with van der Waals surface area (Å²) in [6.45, 7) is 0.713. The van der Waals surface area contributed by atoms with Crippen molar-refractivity contribution >= 4 is 17.7 Å². The van der Waals surface area contributed by atoms with Crippen LogP contribution in [0.2, 0.25) is 0 Å². The summed E-state index contributed by atoms with van der Waals surface area (Å²) in [5.41, 5.74) is 6.37. The third-order valence-corrected chi connectivity index (χ3v) is 4.87. The molecule has 1 heterocycles. The number of carbonyl (C=O) groups excluding carboxylic acids is 1. The molecule has 2 atom stereocenters. The third-order valence-electron chi connectivity index (χ3n) is 3.85. The highest BCUT2D eigenvalue weighted by Crippen LogP contribution is 2.35. The lowest BCUT2D eigenvalue weighted by Gasteiger charge is -2.10. The largest absolute Gasteiger partial charge is 0.354 e. The average molecular weight is 291 g/mol. The Bertz CT molecular complexity index is 450. The predicted octanol–water partition coefficient (Wildman–Crippen LogP) is 1.54. The number of carbonyl (C=O) groups is 1. The second-order valence-corrected chi connectivity index (χ2v) is 6.64. The lowest BCUT2D eigenvalue weighted by Crippen LogP contribution is -2.44. The second-order valence-electron chi connectivity index (χ2n) is 5.47. The summed E-state index contributed by atoms with van der Waals surface area (Å²) >= 11 is 1.77. The molecule has 1 saturated carbocycles. The van der Waals surface area contributed by atoms with Gasteiger partial charge in [-0.1, -0.05) is 18.2 Å². The number of thioether (sulfide) groups is 1. The maximum Gasteiger partial charge on any atom is 0.238 e. The topological polar surface area (TPSA) is 53.2 Å². The quantitative estimate of drug-likeness (QED) is 0.550. The van der Waals surface area contributed by atoms with Crippen LogP contribution in [-0.2, 0) is 4.79 Å². The zero-order valence-electron chi connectivity index (χ0n) is 11.5. The molecule has 5 heteroatoms. The van der Waals surface area contributed by atoms with Crippen molar-refractivity contribution in [2.24, 2.45) is 5.92 Å². The molecule has 1 aromatic rings. The average Bonchev–Trinajstić information content (AvgIpc) is 3.22. The minimum atomic E-state index is -0.0673. The third kappa shape index (κ3) is 3.75. The van der Waals surface area contributed by atoms with Crippen molar-refractivity contribution < 1.29 is 4.79 Å². The summed E-state index contributed by atoms with van der Waals surface area (Å²) in [5, 5.41) is 3.01. The Kier molecular flexibility index (Phi) is 4.60. The number of rotatable bonds is 6. The maximum absolute atomic E-state index is 12.0. The van der Waals surface area contributed by atoms with E-state index in [4.69, 9.17) is 0 Å². The smallest absolute Gasteiger partial charge is 0.238 e. The Balaban J connectivity index is 1.33. The molecule has 1 amide bonds. The summed E-state index contributed by atoms with van der Waals surface area (Å²) in [6, 6.07) is 10.7. The van der Waals surface area contributed by atoms with Crippen LogP contribution in [0.15, 0.2) is 35.2 Å². The van der Waals surface area contributed by atoms with Gasteiger partial charge in [-0.05, 0) is 37.3 Å². The first kappa shape index (κ1) is 13.9. The normalized spacial score (nSPS) is 25.6. The molecule has 108 valence electrons. The van der Waals surface area contributed by atoms with E-state index in [9.17, 15) is 4.79 Å². The zero-order valence-corrected chi connectivity index (χ0v) is 12.3. The Morgan fingerprint density at radius 1 is 1.25 bits per heavy atom. The first-order valence-electron chi connectivity index (χ1n) is 7.29. The Hall–Kier alpha value is -1.04. The Labute approximate surface area is 124 Å². The molecule has 3 rings (SSSR count). The van der Waals surface area contributed by atoms with E-state index in [-0.39, 0.29) is 11.9 Å². The fourth-order valence-corrected chi connectivity index (χ4v) is 3.33. The van der Waals surface area contributed by atoms with Crippen molar-refractivity contribution in [3.8, 4) is 0 Å². The van der Waals surface area contributed by atoms with Gasteiger partial charge in [-0.25, -0.2) is 5.43 Å². The van der Waals surface area contributed by atoms with Crippen molar-refractivity contribution in [1.82, 2.24) is 16.2 Å². The molecule has 0 aromatic heterocycles. The predicted molar refractivity (Wildman–Crippen MR) is 81.4 cm³/mol. The Morgan fingerprint density at radius 3 is 2.80 bits per heavy atom. The van der Waals surface area contributed by atoms with Crippen LogP contribution in [0.1, 0.15) is 19.3 Å². The fourth-order valence-electron chi connectivity index (χ4n) is 2.54. The molecule has 0 bridgehead atoms. The number of hydrogen-bond acceptors (Lipinski definition) is 4. The lowest BCUT2D eigenvalue weighted by atomic mass is 10.1. The van der Waals surface area contributed by atoms with Gasteiger partial charge in [0.15, 0.2) is 0 Å². The molecule has 1 saturated heterocycles. The van der Waals surface area contributed by atoms with Crippen LogP contribution < -0.4 is 16.2 Å². The van der Waals surface area contributed by atoms with Gasteiger partial charge in [-0.3, -0.25) is 10.2 Å². The van der Waals surface area contributed by atoms with Gasteiger partial charge in [0.2, 0.25) is 5.91 Å². The van der Waals surface area contributed by atoms with E-state index < -0.39 is 0 Å². The molecule has 20 heavy (non-hydrogen) atoms. The molecule has 1 aliphatic carbocycles. The van der Waals surface area contributed by atoms with Gasteiger partial charge < -0.3 is 5.32 Å². The number of amides is 1. The van der Waals surface area contributed by atoms with Gasteiger partial charge in [0.1, 0.15) is 6.04 Å². The van der Waals surface area contributed by atoms with Crippen LogP contribution in [0.5, 0.6) is 0 Å². The van der Waals surface area contributed by atoms with E-state index >= 15 is 0 Å². The minimum absolute atomic E-state index is 0.0673. The van der Waals surface area contributed by atoms with Crippen LogP contribution in [0.3, 0.4) is 0 Å². The van der Waals surface area contributed by atoms with Gasteiger partial charge >= 0.3 is 0 Å². The molecule has 2 fully saturated rings. The Morgan fingerprint density at radius 2 is 2.05 bits per heavy atom. The van der Waals surface area contributed by atoms with E-state index in [1.54, 1.807) is 11.8 Å². The first-order valence-corrected chi connectivity index (χ1v) is 8.28. The van der Waals surface area contributed by atoms with Crippen LogP contribution >= 0.6 is 11.8 Å². The van der Waals surface area contributed by atoms with Crippen molar-refractivity contribution in [3.63, 3.8) is 0 Å². The monoisotopic (exact) mass is 291 g/mol. The molecule has 1 aliphatic heterocycles. The number of nitrogens with one attached hydrogen (secondary N) is 3. The van der Waals surface area contributed by atoms with Crippen LogP contribution in [0.4, 0.5) is 0 Å². The van der Waals surface area contributed by atoms with Crippen molar-refractivity contribution in [2.75, 3.05) is 12.3 Å². The van der Waals surface area contributed by atoms with Gasteiger partial charge in [-0.2, -0.15) is 0 Å². The standard InChI is InChI=1S/C15H21N3OS/c19-15(14-10-13(17-18-14)11-6-7-11)16-8-9-20-12-4-2-1-3-5-12/h1-5,11,13-14,17-18H,6-10H2,(H,16,19). The van der Waals surface area contributed by atoms with E-state index in [1.807, 2.05) is 18.2 Å². The van der Waals surface area contributed by atoms with Crippen LogP contribution in [0.25, 0.3) is 0 Å². The van der Waals surface area contributed by atoms with E-state index in [2.05, 4.69) is 28.3 Å². The van der Waals surface area contributed by atoms with E-state index in [1.165, 1.54) is 17.7 Å². The van der Waals surface area contributed by atoms with E-state index in [0.29, 0.717) is 12.6 Å². The zero-order chi connectivity index (χ0) is 13.8. The summed E-state index contributed by atoms with van der Waals surface area (Å²) in [6.07, 6.45) is 3.53. The van der Waals surface area contributed by atoms with Crippen LogP contribution in [-0.4, -0.2) is 30.3 Å².